The molecule has 0 aliphatic carbocycles. The molecule has 0 amide bonds. The number of aryl methyl sites for hydroxylation is 1. The van der Waals surface area contributed by atoms with E-state index in [9.17, 15) is 0 Å². The average molecular weight is 393 g/mol. The Morgan fingerprint density at radius 2 is 2.07 bits per heavy atom. The summed E-state index contributed by atoms with van der Waals surface area (Å²) in [5.74, 6) is 1.41. The van der Waals surface area contributed by atoms with Gasteiger partial charge in [0.1, 0.15) is 5.84 Å². The molecule has 0 bridgehead atoms. The molecule has 1 fully saturated rings. The third kappa shape index (κ3) is 5.35. The van der Waals surface area contributed by atoms with E-state index in [1.165, 1.54) is 22.4 Å². The number of hydrogen-bond donors (Lipinski definition) is 3. The molecule has 29 heavy (non-hydrogen) atoms. The third-order valence-electron chi connectivity index (χ3n) is 5.25. The molecule has 1 aromatic carbocycles. The van der Waals surface area contributed by atoms with Crippen LogP contribution in [0.4, 0.5) is 11.5 Å². The SMILES string of the molecule is C=CC(=N/C=C(\C)CC)Nc1cc(-c2ccc(N3CCNCC3)cc2CC)[nH]n1. The Bertz CT molecular complexity index is 887. The van der Waals surface area contributed by atoms with Crippen molar-refractivity contribution in [3.8, 4) is 11.3 Å². The van der Waals surface area contributed by atoms with Gasteiger partial charge in [-0.2, -0.15) is 5.10 Å². The largest absolute Gasteiger partial charge is 0.369 e. The highest BCUT2D eigenvalue weighted by Gasteiger charge is 2.14. The molecule has 3 rings (SSSR count). The van der Waals surface area contributed by atoms with Crippen LogP contribution >= 0.6 is 0 Å². The number of aromatic amines is 1. The van der Waals surface area contributed by atoms with Crippen molar-refractivity contribution in [1.29, 1.82) is 0 Å². The van der Waals surface area contributed by atoms with E-state index in [4.69, 9.17) is 0 Å². The molecule has 2 aromatic rings. The lowest BCUT2D eigenvalue weighted by molar-refractivity contribution is 0.589. The number of rotatable bonds is 7. The predicted molar refractivity (Wildman–Crippen MR) is 124 cm³/mol. The number of allylic oxidation sites excluding steroid dienone is 1. The number of nitrogens with zero attached hydrogens (tertiary/aromatic N) is 3. The Balaban J connectivity index is 1.79. The lowest BCUT2D eigenvalue weighted by Crippen LogP contribution is -2.43. The normalized spacial score (nSPS) is 15.5. The van der Waals surface area contributed by atoms with Gasteiger partial charge in [0.25, 0.3) is 0 Å². The molecule has 6 nitrogen and oxygen atoms in total. The summed E-state index contributed by atoms with van der Waals surface area (Å²) in [5.41, 5.74) is 6.01. The van der Waals surface area contributed by atoms with Crippen molar-refractivity contribution in [2.24, 2.45) is 4.99 Å². The van der Waals surface area contributed by atoms with E-state index in [2.05, 4.69) is 76.3 Å². The van der Waals surface area contributed by atoms with Crippen LogP contribution in [0.25, 0.3) is 11.3 Å². The number of hydrogen-bond acceptors (Lipinski definition) is 4. The summed E-state index contributed by atoms with van der Waals surface area (Å²) in [7, 11) is 0. The third-order valence-corrected chi connectivity index (χ3v) is 5.25. The molecule has 0 unspecified atom stereocenters. The number of amidine groups is 1. The Hall–Kier alpha value is -2.86. The lowest BCUT2D eigenvalue weighted by Gasteiger charge is -2.30. The van der Waals surface area contributed by atoms with E-state index in [0.717, 1.165) is 50.5 Å². The smallest absolute Gasteiger partial charge is 0.153 e. The summed E-state index contributed by atoms with van der Waals surface area (Å²) in [4.78, 5) is 6.89. The highest BCUT2D eigenvalue weighted by molar-refractivity contribution is 6.03. The summed E-state index contributed by atoms with van der Waals surface area (Å²) in [6.45, 7) is 14.4. The zero-order chi connectivity index (χ0) is 20.6. The molecule has 3 N–H and O–H groups in total. The van der Waals surface area contributed by atoms with Crippen LogP contribution in [0.15, 0.2) is 53.7 Å². The zero-order valence-electron chi connectivity index (χ0n) is 17.8. The number of aliphatic imine (C=N–C) groups is 1. The van der Waals surface area contributed by atoms with Crippen LogP contribution < -0.4 is 15.5 Å². The van der Waals surface area contributed by atoms with Crippen molar-refractivity contribution in [2.45, 2.75) is 33.6 Å². The summed E-state index contributed by atoms with van der Waals surface area (Å²) < 4.78 is 0. The topological polar surface area (TPSA) is 68.3 Å². The fourth-order valence-corrected chi connectivity index (χ4v) is 3.32. The fraction of sp³-hybridized carbons (Fsp3) is 0.391. The Labute approximate surface area is 173 Å². The predicted octanol–water partition coefficient (Wildman–Crippen LogP) is 4.36. The molecule has 0 saturated carbocycles. The molecule has 1 aliphatic rings. The van der Waals surface area contributed by atoms with E-state index in [-0.39, 0.29) is 0 Å². The van der Waals surface area contributed by atoms with E-state index >= 15 is 0 Å². The minimum absolute atomic E-state index is 0.681. The van der Waals surface area contributed by atoms with Crippen LogP contribution in [0.2, 0.25) is 0 Å². The van der Waals surface area contributed by atoms with Gasteiger partial charge < -0.3 is 15.5 Å². The first-order valence-electron chi connectivity index (χ1n) is 10.4. The number of aromatic nitrogens is 2. The molecule has 0 spiro atoms. The van der Waals surface area contributed by atoms with Crippen LogP contribution in [0.1, 0.15) is 32.8 Å². The van der Waals surface area contributed by atoms with Crippen molar-refractivity contribution in [1.82, 2.24) is 15.5 Å². The first-order valence-corrected chi connectivity index (χ1v) is 10.4. The van der Waals surface area contributed by atoms with E-state index in [1.54, 1.807) is 6.08 Å². The van der Waals surface area contributed by atoms with Gasteiger partial charge in [0.05, 0.1) is 5.69 Å². The second-order valence-corrected chi connectivity index (χ2v) is 7.27. The van der Waals surface area contributed by atoms with Gasteiger partial charge in [0.15, 0.2) is 5.82 Å². The highest BCUT2D eigenvalue weighted by atomic mass is 15.2. The molecular formula is C23H32N6. The first kappa shape index (κ1) is 20.9. The van der Waals surface area contributed by atoms with Crippen LogP contribution in [0.5, 0.6) is 0 Å². The van der Waals surface area contributed by atoms with Gasteiger partial charge in [0.2, 0.25) is 0 Å². The lowest BCUT2D eigenvalue weighted by atomic mass is 10.0. The van der Waals surface area contributed by atoms with E-state index in [0.29, 0.717) is 5.84 Å². The van der Waals surface area contributed by atoms with Crippen LogP contribution in [-0.2, 0) is 6.42 Å². The number of anilines is 2. The molecule has 1 aromatic heterocycles. The first-order chi connectivity index (χ1) is 14.1. The molecule has 1 saturated heterocycles. The minimum Gasteiger partial charge on any atom is -0.369 e. The van der Waals surface area contributed by atoms with Crippen LogP contribution in [0, 0.1) is 0 Å². The number of H-pyrrole nitrogens is 1. The summed E-state index contributed by atoms with van der Waals surface area (Å²) in [5, 5.41) is 14.2. The molecule has 2 heterocycles. The number of piperazine rings is 1. The number of nitrogens with one attached hydrogen (secondary N) is 3. The average Bonchev–Trinajstić information content (AvgIpc) is 3.24. The Kier molecular flexibility index (Phi) is 7.25. The zero-order valence-corrected chi connectivity index (χ0v) is 17.8. The second-order valence-electron chi connectivity index (χ2n) is 7.27. The molecule has 0 radical (unpaired) electrons. The molecule has 154 valence electrons. The van der Waals surface area contributed by atoms with Gasteiger partial charge in [-0.05, 0) is 43.5 Å². The maximum absolute atomic E-state index is 4.45. The highest BCUT2D eigenvalue weighted by Crippen LogP contribution is 2.28. The van der Waals surface area contributed by atoms with Gasteiger partial charge in [-0.25, -0.2) is 4.99 Å². The van der Waals surface area contributed by atoms with Gasteiger partial charge in [-0.1, -0.05) is 32.1 Å². The monoisotopic (exact) mass is 392 g/mol. The van der Waals surface area contributed by atoms with Gasteiger partial charge in [0, 0.05) is 49.7 Å². The molecular weight excluding hydrogens is 360 g/mol. The second kappa shape index (κ2) is 10.1. The standard InChI is InChI=1S/C23H32N6/c1-5-17(4)16-25-22(7-3)26-23-15-21(27-28-23)20-9-8-19(14-18(20)6-2)29-12-10-24-11-13-29/h7-9,14-16,24H,3,5-6,10-13H2,1-2,4H3,(H2,25,26,27,28)/b17-16+. The van der Waals surface area contributed by atoms with Gasteiger partial charge in [-0.3, -0.25) is 5.10 Å². The van der Waals surface area contributed by atoms with Gasteiger partial charge in [-0.15, -0.1) is 0 Å². The van der Waals surface area contributed by atoms with Crippen molar-refractivity contribution < 1.29 is 0 Å². The van der Waals surface area contributed by atoms with Crippen molar-refractivity contribution >= 4 is 17.3 Å². The number of benzene rings is 1. The Morgan fingerprint density at radius 1 is 1.28 bits per heavy atom. The summed E-state index contributed by atoms with van der Waals surface area (Å²) in [6.07, 6.45) is 5.51. The van der Waals surface area contributed by atoms with Crippen molar-refractivity contribution in [3.05, 3.63) is 54.3 Å². The Morgan fingerprint density at radius 3 is 2.76 bits per heavy atom. The summed E-state index contributed by atoms with van der Waals surface area (Å²) >= 11 is 0. The molecule has 0 atom stereocenters. The van der Waals surface area contributed by atoms with Crippen molar-refractivity contribution in [3.63, 3.8) is 0 Å². The summed E-state index contributed by atoms with van der Waals surface area (Å²) in [6, 6.07) is 8.74. The maximum Gasteiger partial charge on any atom is 0.153 e. The van der Waals surface area contributed by atoms with Crippen LogP contribution in [-0.4, -0.2) is 42.2 Å². The molecule has 1 aliphatic heterocycles. The quantitative estimate of drug-likeness (QED) is 0.484. The molecule has 6 heteroatoms. The van der Waals surface area contributed by atoms with Crippen LogP contribution in [0.3, 0.4) is 0 Å². The van der Waals surface area contributed by atoms with Crippen molar-refractivity contribution in [2.75, 3.05) is 36.4 Å². The van der Waals surface area contributed by atoms with Gasteiger partial charge >= 0.3 is 0 Å². The minimum atomic E-state index is 0.681. The maximum atomic E-state index is 4.45. The fourth-order valence-electron chi connectivity index (χ4n) is 3.32. The van der Waals surface area contributed by atoms with E-state index in [1.807, 2.05) is 12.3 Å². The van der Waals surface area contributed by atoms with E-state index < -0.39 is 0 Å².